The molecule has 0 saturated heterocycles. The Kier molecular flexibility index (Phi) is 5.14. The highest BCUT2D eigenvalue weighted by Crippen LogP contribution is 2.15. The van der Waals surface area contributed by atoms with Gasteiger partial charge in [0, 0.05) is 5.56 Å². The van der Waals surface area contributed by atoms with E-state index < -0.39 is 12.0 Å². The van der Waals surface area contributed by atoms with Crippen LogP contribution in [0.3, 0.4) is 0 Å². The number of hydrazine groups is 1. The summed E-state index contributed by atoms with van der Waals surface area (Å²) in [6.07, 6.45) is 0. The molecular formula is C17H18N2O3. The molecule has 0 radical (unpaired) electrons. The Bertz CT molecular complexity index is 629. The molecule has 0 fully saturated rings. The van der Waals surface area contributed by atoms with Crippen LogP contribution in [-0.2, 0) is 9.53 Å². The average molecular weight is 298 g/mol. The van der Waals surface area contributed by atoms with Crippen molar-refractivity contribution in [2.75, 3.05) is 12.1 Å². The molecule has 0 aliphatic heterocycles. The fourth-order valence-electron chi connectivity index (χ4n) is 2.01. The molecule has 2 rings (SSSR count). The molecule has 5 nitrogen and oxygen atoms in total. The lowest BCUT2D eigenvalue weighted by atomic mass is 10.2. The van der Waals surface area contributed by atoms with Crippen LogP contribution in [0.2, 0.25) is 0 Å². The molecule has 0 aliphatic rings. The van der Waals surface area contributed by atoms with Crippen molar-refractivity contribution in [2.24, 2.45) is 0 Å². The summed E-state index contributed by atoms with van der Waals surface area (Å²) in [4.78, 5) is 24.2. The molecule has 2 aromatic rings. The van der Waals surface area contributed by atoms with Crippen molar-refractivity contribution in [1.82, 2.24) is 5.43 Å². The van der Waals surface area contributed by atoms with Gasteiger partial charge in [0.05, 0.1) is 12.8 Å². The van der Waals surface area contributed by atoms with E-state index in [0.717, 1.165) is 0 Å². The minimum atomic E-state index is -0.653. The first-order valence-electron chi connectivity index (χ1n) is 6.91. The van der Waals surface area contributed by atoms with Gasteiger partial charge in [-0.25, -0.2) is 4.79 Å². The largest absolute Gasteiger partial charge is 0.467 e. The smallest absolute Gasteiger partial charge is 0.330 e. The molecule has 1 N–H and O–H groups in total. The van der Waals surface area contributed by atoms with Gasteiger partial charge in [-0.1, -0.05) is 36.4 Å². The van der Waals surface area contributed by atoms with Gasteiger partial charge in [-0.3, -0.25) is 15.2 Å². The zero-order chi connectivity index (χ0) is 15.9. The van der Waals surface area contributed by atoms with E-state index in [4.69, 9.17) is 4.74 Å². The van der Waals surface area contributed by atoms with Crippen LogP contribution in [0.5, 0.6) is 0 Å². The Labute approximate surface area is 129 Å². The predicted octanol–water partition coefficient (Wildman–Crippen LogP) is 2.40. The number of esters is 1. The van der Waals surface area contributed by atoms with Crippen molar-refractivity contribution in [3.05, 3.63) is 66.2 Å². The fraction of sp³-hybridized carbons (Fsp3) is 0.176. The summed E-state index contributed by atoms with van der Waals surface area (Å²) >= 11 is 0. The fourth-order valence-corrected chi connectivity index (χ4v) is 2.01. The number of hydrogen-bond acceptors (Lipinski definition) is 4. The van der Waals surface area contributed by atoms with E-state index in [0.29, 0.717) is 11.3 Å². The van der Waals surface area contributed by atoms with Crippen LogP contribution in [0.1, 0.15) is 17.3 Å². The highest BCUT2D eigenvalue weighted by molar-refractivity contribution is 5.95. The predicted molar refractivity (Wildman–Crippen MR) is 84.3 cm³/mol. The molecule has 114 valence electrons. The third-order valence-electron chi connectivity index (χ3n) is 3.22. The minimum Gasteiger partial charge on any atom is -0.467 e. The van der Waals surface area contributed by atoms with Crippen molar-refractivity contribution in [1.29, 1.82) is 0 Å². The number of benzene rings is 2. The van der Waals surface area contributed by atoms with Crippen molar-refractivity contribution >= 4 is 17.6 Å². The van der Waals surface area contributed by atoms with Crippen LogP contribution < -0.4 is 10.4 Å². The highest BCUT2D eigenvalue weighted by atomic mass is 16.5. The number of methoxy groups -OCH3 is 1. The first kappa shape index (κ1) is 15.6. The molecule has 1 atom stereocenters. The molecule has 0 heterocycles. The summed E-state index contributed by atoms with van der Waals surface area (Å²) in [6.45, 7) is 1.67. The minimum absolute atomic E-state index is 0.291. The molecular weight excluding hydrogens is 280 g/mol. The number of carbonyl (C=O) groups is 2. The third-order valence-corrected chi connectivity index (χ3v) is 3.22. The van der Waals surface area contributed by atoms with Gasteiger partial charge in [-0.05, 0) is 31.2 Å². The molecule has 1 amide bonds. The van der Waals surface area contributed by atoms with Crippen LogP contribution in [0, 0.1) is 0 Å². The van der Waals surface area contributed by atoms with Gasteiger partial charge in [0.25, 0.3) is 5.91 Å². The van der Waals surface area contributed by atoms with Crippen LogP contribution in [0.25, 0.3) is 0 Å². The molecule has 0 bridgehead atoms. The van der Waals surface area contributed by atoms with Crippen LogP contribution in [0.4, 0.5) is 5.69 Å². The summed E-state index contributed by atoms with van der Waals surface area (Å²) in [6, 6.07) is 17.3. The quantitative estimate of drug-likeness (QED) is 0.680. The number of amides is 1. The Hall–Kier alpha value is -2.82. The van der Waals surface area contributed by atoms with Gasteiger partial charge in [0.15, 0.2) is 0 Å². The average Bonchev–Trinajstić information content (AvgIpc) is 2.59. The number of para-hydroxylation sites is 1. The number of rotatable bonds is 5. The lowest BCUT2D eigenvalue weighted by Gasteiger charge is -2.29. The summed E-state index contributed by atoms with van der Waals surface area (Å²) in [5.41, 5.74) is 3.97. The SMILES string of the molecule is COC(=O)[C@@H](C)N(NC(=O)c1ccccc1)c1ccccc1. The van der Waals surface area contributed by atoms with E-state index in [1.54, 1.807) is 31.2 Å². The second-order valence-corrected chi connectivity index (χ2v) is 4.71. The van der Waals surface area contributed by atoms with E-state index in [2.05, 4.69) is 5.43 Å². The molecule has 5 heteroatoms. The van der Waals surface area contributed by atoms with Crippen molar-refractivity contribution in [3.63, 3.8) is 0 Å². The highest BCUT2D eigenvalue weighted by Gasteiger charge is 2.24. The van der Waals surface area contributed by atoms with Gasteiger partial charge < -0.3 is 4.74 Å². The maximum Gasteiger partial charge on any atom is 0.330 e. The van der Waals surface area contributed by atoms with Gasteiger partial charge in [0.2, 0.25) is 0 Å². The van der Waals surface area contributed by atoms with E-state index in [1.807, 2.05) is 36.4 Å². The van der Waals surface area contributed by atoms with Crippen LogP contribution in [-0.4, -0.2) is 25.0 Å². The van der Waals surface area contributed by atoms with Gasteiger partial charge in [-0.15, -0.1) is 0 Å². The summed E-state index contributed by atoms with van der Waals surface area (Å²) in [7, 11) is 1.32. The monoisotopic (exact) mass is 298 g/mol. The van der Waals surface area contributed by atoms with E-state index in [1.165, 1.54) is 12.1 Å². The number of ether oxygens (including phenoxy) is 1. The molecule has 0 aliphatic carbocycles. The number of anilines is 1. The standard InChI is InChI=1S/C17H18N2O3/c1-13(17(21)22-2)19(15-11-7-4-8-12-15)18-16(20)14-9-5-3-6-10-14/h3-13H,1-2H3,(H,18,20)/t13-/m1/s1. The molecule has 2 aromatic carbocycles. The normalized spacial score (nSPS) is 11.4. The topological polar surface area (TPSA) is 58.6 Å². The van der Waals surface area contributed by atoms with Crippen molar-refractivity contribution < 1.29 is 14.3 Å². The second-order valence-electron chi connectivity index (χ2n) is 4.71. The maximum absolute atomic E-state index is 12.3. The molecule has 0 unspecified atom stereocenters. The Morgan fingerprint density at radius 1 is 1.00 bits per heavy atom. The summed E-state index contributed by atoms with van der Waals surface area (Å²) in [5.74, 6) is -0.725. The Morgan fingerprint density at radius 2 is 1.55 bits per heavy atom. The maximum atomic E-state index is 12.3. The zero-order valence-corrected chi connectivity index (χ0v) is 12.5. The lowest BCUT2D eigenvalue weighted by Crippen LogP contribution is -2.51. The van der Waals surface area contributed by atoms with Crippen molar-refractivity contribution in [3.8, 4) is 0 Å². The first-order chi connectivity index (χ1) is 10.6. The van der Waals surface area contributed by atoms with Gasteiger partial charge in [0.1, 0.15) is 6.04 Å². The van der Waals surface area contributed by atoms with E-state index in [9.17, 15) is 9.59 Å². The Morgan fingerprint density at radius 3 is 2.09 bits per heavy atom. The zero-order valence-electron chi connectivity index (χ0n) is 12.5. The Balaban J connectivity index is 2.25. The molecule has 22 heavy (non-hydrogen) atoms. The number of nitrogens with zero attached hydrogens (tertiary/aromatic N) is 1. The lowest BCUT2D eigenvalue weighted by molar-refractivity contribution is -0.141. The summed E-state index contributed by atoms with van der Waals surface area (Å²) < 4.78 is 4.77. The number of nitrogens with one attached hydrogen (secondary N) is 1. The van der Waals surface area contributed by atoms with Crippen LogP contribution in [0.15, 0.2) is 60.7 Å². The van der Waals surface area contributed by atoms with Gasteiger partial charge >= 0.3 is 5.97 Å². The molecule has 0 aromatic heterocycles. The number of carbonyl (C=O) groups excluding carboxylic acids is 2. The second kappa shape index (κ2) is 7.26. The molecule has 0 spiro atoms. The third kappa shape index (κ3) is 3.63. The summed E-state index contributed by atoms with van der Waals surface area (Å²) in [5, 5.41) is 1.50. The first-order valence-corrected chi connectivity index (χ1v) is 6.91. The van der Waals surface area contributed by atoms with E-state index in [-0.39, 0.29) is 5.91 Å². The van der Waals surface area contributed by atoms with Gasteiger partial charge in [-0.2, -0.15) is 0 Å². The van der Waals surface area contributed by atoms with Crippen molar-refractivity contribution in [2.45, 2.75) is 13.0 Å². The number of hydrogen-bond donors (Lipinski definition) is 1. The molecule has 0 saturated carbocycles. The van der Waals surface area contributed by atoms with E-state index >= 15 is 0 Å². The van der Waals surface area contributed by atoms with Crippen LogP contribution >= 0.6 is 0 Å².